The summed E-state index contributed by atoms with van der Waals surface area (Å²) in [5, 5.41) is 9.72. The van der Waals surface area contributed by atoms with Gasteiger partial charge in [-0.3, -0.25) is 9.69 Å². The minimum absolute atomic E-state index is 0.171. The maximum atomic E-state index is 13.7. The standard InChI is InChI=1S/C34H28N2O5S/c1-3-10-26-19-24(20-29(40-2)31(26)41-22-23-15-17-25(18-16-23)33(38)39)21-30-32(37)36(28-13-8-5-9-14-28)34(42-30)35-27-11-6-4-7-12-27/h3-9,11-21H,1,10,22H2,2H3,(H,38,39)/b30-21+,35-34?. The highest BCUT2D eigenvalue weighted by Crippen LogP contribution is 2.39. The molecular weight excluding hydrogens is 548 g/mol. The molecule has 1 fully saturated rings. The fourth-order valence-corrected chi connectivity index (χ4v) is 5.41. The summed E-state index contributed by atoms with van der Waals surface area (Å²) in [4.78, 5) is 31.8. The topological polar surface area (TPSA) is 88.4 Å². The van der Waals surface area contributed by atoms with Crippen LogP contribution in [0, 0.1) is 0 Å². The number of hydrogen-bond acceptors (Lipinski definition) is 6. The summed E-state index contributed by atoms with van der Waals surface area (Å²) in [5.74, 6) is -0.0805. The van der Waals surface area contributed by atoms with Gasteiger partial charge in [0, 0.05) is 5.56 Å². The Morgan fingerprint density at radius 3 is 2.33 bits per heavy atom. The van der Waals surface area contributed by atoms with Crippen molar-refractivity contribution >= 4 is 46.3 Å². The number of amidine groups is 1. The fraction of sp³-hybridized carbons (Fsp3) is 0.0882. The quantitative estimate of drug-likeness (QED) is 0.155. The van der Waals surface area contributed by atoms with E-state index in [-0.39, 0.29) is 18.1 Å². The predicted molar refractivity (Wildman–Crippen MR) is 168 cm³/mol. The van der Waals surface area contributed by atoms with E-state index in [4.69, 9.17) is 19.6 Å². The van der Waals surface area contributed by atoms with Crippen molar-refractivity contribution in [2.75, 3.05) is 12.0 Å². The number of ether oxygens (including phenoxy) is 2. The molecule has 210 valence electrons. The van der Waals surface area contributed by atoms with E-state index < -0.39 is 5.97 Å². The zero-order valence-corrected chi connectivity index (χ0v) is 23.7. The van der Waals surface area contributed by atoms with Crippen molar-refractivity contribution in [3.63, 3.8) is 0 Å². The molecule has 0 saturated carbocycles. The van der Waals surface area contributed by atoms with Gasteiger partial charge in [0.15, 0.2) is 16.7 Å². The number of carboxylic acid groups (broad SMARTS) is 1. The van der Waals surface area contributed by atoms with Crippen LogP contribution in [0.15, 0.2) is 120 Å². The highest BCUT2D eigenvalue weighted by molar-refractivity contribution is 8.19. The van der Waals surface area contributed by atoms with Gasteiger partial charge in [-0.1, -0.05) is 54.6 Å². The Morgan fingerprint density at radius 2 is 1.69 bits per heavy atom. The maximum absolute atomic E-state index is 13.7. The Morgan fingerprint density at radius 1 is 1.00 bits per heavy atom. The van der Waals surface area contributed by atoms with Crippen LogP contribution in [0.2, 0.25) is 0 Å². The number of allylic oxidation sites excluding steroid dienone is 1. The molecule has 1 amide bonds. The number of carboxylic acids is 1. The van der Waals surface area contributed by atoms with E-state index in [1.165, 1.54) is 11.8 Å². The second kappa shape index (κ2) is 13.1. The molecule has 0 bridgehead atoms. The lowest BCUT2D eigenvalue weighted by atomic mass is 10.0. The number of carbonyl (C=O) groups excluding carboxylic acids is 1. The van der Waals surface area contributed by atoms with Crippen LogP contribution in [-0.2, 0) is 17.8 Å². The third kappa shape index (κ3) is 6.45. The summed E-state index contributed by atoms with van der Waals surface area (Å²) >= 11 is 1.31. The number of para-hydroxylation sites is 2. The first kappa shape index (κ1) is 28.4. The third-order valence-electron chi connectivity index (χ3n) is 6.42. The number of nitrogens with zero attached hydrogens (tertiary/aromatic N) is 2. The Hall–Kier alpha value is -5.08. The van der Waals surface area contributed by atoms with Crippen LogP contribution in [-0.4, -0.2) is 29.3 Å². The van der Waals surface area contributed by atoms with E-state index in [2.05, 4.69) is 6.58 Å². The second-order valence-corrected chi connectivity index (χ2v) is 10.3. The number of anilines is 1. The van der Waals surface area contributed by atoms with Crippen molar-refractivity contribution < 1.29 is 24.2 Å². The van der Waals surface area contributed by atoms with Crippen molar-refractivity contribution in [1.82, 2.24) is 0 Å². The number of aromatic carboxylic acids is 1. The van der Waals surface area contributed by atoms with E-state index in [0.717, 1.165) is 28.1 Å². The minimum atomic E-state index is -0.980. The van der Waals surface area contributed by atoms with Crippen LogP contribution in [0.4, 0.5) is 11.4 Å². The molecule has 0 aliphatic carbocycles. The van der Waals surface area contributed by atoms with Gasteiger partial charge in [-0.15, -0.1) is 6.58 Å². The van der Waals surface area contributed by atoms with Crippen LogP contribution in [0.5, 0.6) is 11.5 Å². The summed E-state index contributed by atoms with van der Waals surface area (Å²) in [6.45, 7) is 4.11. The molecular formula is C34H28N2O5S. The zero-order valence-electron chi connectivity index (χ0n) is 22.9. The number of hydrogen-bond donors (Lipinski definition) is 1. The first-order valence-electron chi connectivity index (χ1n) is 13.2. The van der Waals surface area contributed by atoms with E-state index >= 15 is 0 Å². The lowest BCUT2D eigenvalue weighted by Gasteiger charge is -2.16. The highest BCUT2D eigenvalue weighted by Gasteiger charge is 2.34. The van der Waals surface area contributed by atoms with Crippen LogP contribution >= 0.6 is 11.8 Å². The Kier molecular flexibility index (Phi) is 8.84. The van der Waals surface area contributed by atoms with Crippen LogP contribution < -0.4 is 14.4 Å². The summed E-state index contributed by atoms with van der Waals surface area (Å²) in [6, 6.07) is 29.3. The summed E-state index contributed by atoms with van der Waals surface area (Å²) < 4.78 is 11.9. The van der Waals surface area contributed by atoms with Gasteiger partial charge in [0.05, 0.1) is 29.0 Å². The number of methoxy groups -OCH3 is 1. The molecule has 0 atom stereocenters. The van der Waals surface area contributed by atoms with Gasteiger partial charge < -0.3 is 14.6 Å². The molecule has 8 heteroatoms. The molecule has 4 aromatic carbocycles. The molecule has 1 heterocycles. The van der Waals surface area contributed by atoms with Gasteiger partial charge in [0.1, 0.15) is 6.61 Å². The molecule has 0 spiro atoms. The average molecular weight is 577 g/mol. The molecule has 7 nitrogen and oxygen atoms in total. The number of benzene rings is 4. The summed E-state index contributed by atoms with van der Waals surface area (Å²) in [5.41, 5.74) is 4.13. The molecule has 0 unspecified atom stereocenters. The van der Waals surface area contributed by atoms with Crippen LogP contribution in [0.25, 0.3) is 6.08 Å². The van der Waals surface area contributed by atoms with Gasteiger partial charge in [-0.05, 0) is 83.9 Å². The minimum Gasteiger partial charge on any atom is -0.493 e. The number of aliphatic imine (C=N–C) groups is 1. The number of rotatable bonds is 10. The number of amides is 1. The van der Waals surface area contributed by atoms with Crippen LogP contribution in [0.1, 0.15) is 27.0 Å². The average Bonchev–Trinajstić information content (AvgIpc) is 3.31. The van der Waals surface area contributed by atoms with Crippen molar-refractivity contribution in [3.8, 4) is 11.5 Å². The second-order valence-electron chi connectivity index (χ2n) is 9.31. The van der Waals surface area contributed by atoms with E-state index in [0.29, 0.717) is 28.0 Å². The molecule has 0 radical (unpaired) electrons. The van der Waals surface area contributed by atoms with Crippen LogP contribution in [0.3, 0.4) is 0 Å². The molecule has 1 aliphatic rings. The fourth-order valence-electron chi connectivity index (χ4n) is 4.41. The van der Waals surface area contributed by atoms with E-state index in [1.807, 2.05) is 78.9 Å². The first-order valence-corrected chi connectivity index (χ1v) is 14.0. The third-order valence-corrected chi connectivity index (χ3v) is 7.39. The highest BCUT2D eigenvalue weighted by atomic mass is 32.2. The molecule has 5 rings (SSSR count). The van der Waals surface area contributed by atoms with Gasteiger partial charge in [0.2, 0.25) is 0 Å². The van der Waals surface area contributed by atoms with Crippen molar-refractivity contribution in [2.24, 2.45) is 4.99 Å². The van der Waals surface area contributed by atoms with Gasteiger partial charge >= 0.3 is 5.97 Å². The monoisotopic (exact) mass is 576 g/mol. The lowest BCUT2D eigenvalue weighted by Crippen LogP contribution is -2.28. The van der Waals surface area contributed by atoms with Gasteiger partial charge in [-0.25, -0.2) is 9.79 Å². The number of carbonyl (C=O) groups is 2. The Bertz CT molecular complexity index is 1670. The van der Waals surface area contributed by atoms with Crippen molar-refractivity contribution in [2.45, 2.75) is 13.0 Å². The van der Waals surface area contributed by atoms with E-state index in [1.54, 1.807) is 42.4 Å². The molecule has 4 aromatic rings. The molecule has 1 aliphatic heterocycles. The van der Waals surface area contributed by atoms with Crippen molar-refractivity contribution in [1.29, 1.82) is 0 Å². The number of thioether (sulfide) groups is 1. The van der Waals surface area contributed by atoms with Crippen molar-refractivity contribution in [3.05, 3.63) is 137 Å². The SMILES string of the molecule is C=CCc1cc(/C=C2/SC(=Nc3ccccc3)N(c3ccccc3)C2=O)cc(OC)c1OCc1ccc(C(=O)O)cc1. The largest absolute Gasteiger partial charge is 0.493 e. The van der Waals surface area contributed by atoms with Gasteiger partial charge in [-0.2, -0.15) is 0 Å². The summed E-state index contributed by atoms with van der Waals surface area (Å²) in [7, 11) is 1.57. The molecule has 0 aromatic heterocycles. The lowest BCUT2D eigenvalue weighted by molar-refractivity contribution is -0.113. The smallest absolute Gasteiger partial charge is 0.335 e. The first-order chi connectivity index (χ1) is 20.5. The maximum Gasteiger partial charge on any atom is 0.335 e. The molecule has 1 N–H and O–H groups in total. The Balaban J connectivity index is 1.47. The summed E-state index contributed by atoms with van der Waals surface area (Å²) in [6.07, 6.45) is 4.12. The normalized spacial score (nSPS) is 14.8. The predicted octanol–water partition coefficient (Wildman–Crippen LogP) is 7.51. The molecule has 1 saturated heterocycles. The molecule has 42 heavy (non-hydrogen) atoms. The van der Waals surface area contributed by atoms with Gasteiger partial charge in [0.25, 0.3) is 5.91 Å². The van der Waals surface area contributed by atoms with E-state index in [9.17, 15) is 9.59 Å². The zero-order chi connectivity index (χ0) is 29.5. The Labute approximate surface area is 248 Å².